The van der Waals surface area contributed by atoms with E-state index in [2.05, 4.69) is 62.6 Å². The Bertz CT molecular complexity index is 2210. The predicted molar refractivity (Wildman–Crippen MR) is 244 cm³/mol. The number of halogens is 1. The highest BCUT2D eigenvalue weighted by molar-refractivity contribution is 7.17. The molecule has 0 spiro atoms. The average molecular weight is 883 g/mol. The van der Waals surface area contributed by atoms with Gasteiger partial charge in [-0.15, -0.1) is 0 Å². The van der Waals surface area contributed by atoms with E-state index in [9.17, 15) is 19.2 Å². The minimum Gasteiger partial charge on any atom is -0.369 e. The molecule has 0 radical (unpaired) electrons. The molecule has 6 heterocycles. The smallest absolute Gasteiger partial charge is 0.267 e. The highest BCUT2D eigenvalue weighted by Gasteiger charge is 2.29. The van der Waals surface area contributed by atoms with Gasteiger partial charge in [0.1, 0.15) is 22.3 Å². The second kappa shape index (κ2) is 19.9. The van der Waals surface area contributed by atoms with Crippen LogP contribution in [0.15, 0.2) is 54.7 Å². The van der Waals surface area contributed by atoms with Crippen molar-refractivity contribution in [1.82, 2.24) is 35.0 Å². The maximum absolute atomic E-state index is 13.2. The van der Waals surface area contributed by atoms with Crippen LogP contribution in [0.3, 0.4) is 0 Å². The summed E-state index contributed by atoms with van der Waals surface area (Å²) in [4.78, 5) is 75.9. The Morgan fingerprint density at radius 3 is 2.32 bits per heavy atom. The number of piperazine rings is 2. The Labute approximate surface area is 372 Å². The lowest BCUT2D eigenvalue weighted by Crippen LogP contribution is -2.49. The number of rotatable bonds is 13. The Kier molecular flexibility index (Phi) is 14.0. The van der Waals surface area contributed by atoms with Gasteiger partial charge in [-0.3, -0.25) is 34.3 Å². The van der Waals surface area contributed by atoms with Gasteiger partial charge in [0, 0.05) is 96.6 Å². The van der Waals surface area contributed by atoms with Crippen LogP contribution < -0.4 is 25.8 Å². The first kappa shape index (κ1) is 43.5. The zero-order valence-electron chi connectivity index (χ0n) is 35.6. The molecule has 2 aromatic carbocycles. The molecule has 4 aromatic rings. The number of carbonyl (C=O) groups is 4. The second-order valence-corrected chi connectivity index (χ2v) is 18.3. The van der Waals surface area contributed by atoms with E-state index in [-0.39, 0.29) is 29.5 Å². The van der Waals surface area contributed by atoms with Gasteiger partial charge < -0.3 is 25.3 Å². The number of nitrogens with zero attached hydrogens (tertiary/aromatic N) is 8. The molecule has 0 aliphatic carbocycles. The van der Waals surface area contributed by atoms with Crippen molar-refractivity contribution in [1.29, 1.82) is 0 Å². The number of thiazole rings is 1. The Balaban J connectivity index is 0.709. The summed E-state index contributed by atoms with van der Waals surface area (Å²) in [5, 5.41) is 9.66. The monoisotopic (exact) mass is 881 g/mol. The molecule has 0 saturated carbocycles. The van der Waals surface area contributed by atoms with E-state index >= 15 is 0 Å². The fourth-order valence-corrected chi connectivity index (χ4v) is 9.94. The first-order chi connectivity index (χ1) is 30.0. The number of aromatic nitrogens is 3. The standard InChI is InChI=1S/C45H56ClN11O4S/c1-30-5-3-6-36(46)42(30)52-44(61)37-28-47-45(62-37)50-38-27-39(49-31(2)48-38)56-25-19-53(20-26-56)16-4-7-41(59)57-17-14-32(15-18-57)29-54-21-23-55(24-22-54)34-10-8-33(9-11-34)35-12-13-40(58)51-43(35)60/h3,5-6,8-11,27-28,32,35H,4,7,12-26,29H2,1-2H3,(H,52,61)(H,51,58,60)(H,47,48,49,50). The molecular weight excluding hydrogens is 826 g/mol. The largest absolute Gasteiger partial charge is 0.369 e. The first-order valence-corrected chi connectivity index (χ1v) is 23.0. The van der Waals surface area contributed by atoms with Crippen LogP contribution in [0.5, 0.6) is 0 Å². The fourth-order valence-electron chi connectivity index (χ4n) is 8.95. The van der Waals surface area contributed by atoms with Crippen molar-refractivity contribution in [2.24, 2.45) is 5.92 Å². The van der Waals surface area contributed by atoms with Crippen molar-refractivity contribution in [3.63, 3.8) is 0 Å². The van der Waals surface area contributed by atoms with E-state index < -0.39 is 0 Å². The summed E-state index contributed by atoms with van der Waals surface area (Å²) in [7, 11) is 0. The summed E-state index contributed by atoms with van der Waals surface area (Å²) in [6, 6.07) is 15.7. The van der Waals surface area contributed by atoms with Crippen molar-refractivity contribution in [2.75, 3.05) is 99.0 Å². The number of carbonyl (C=O) groups excluding carboxylic acids is 4. The Morgan fingerprint density at radius 2 is 1.60 bits per heavy atom. The lowest BCUT2D eigenvalue weighted by molar-refractivity contribution is -0.134. The summed E-state index contributed by atoms with van der Waals surface area (Å²) in [5.41, 5.74) is 3.62. The molecule has 2 aromatic heterocycles. The van der Waals surface area contributed by atoms with Crippen molar-refractivity contribution in [2.45, 2.75) is 58.3 Å². The lowest BCUT2D eigenvalue weighted by Gasteiger charge is -2.39. The number of anilines is 5. The molecule has 328 valence electrons. The van der Waals surface area contributed by atoms with Gasteiger partial charge in [-0.05, 0) is 81.3 Å². The molecular formula is C45H56ClN11O4S. The van der Waals surface area contributed by atoms with E-state index in [1.165, 1.54) is 17.0 Å². The van der Waals surface area contributed by atoms with Gasteiger partial charge in [0.2, 0.25) is 17.7 Å². The van der Waals surface area contributed by atoms with Crippen LogP contribution in [0.2, 0.25) is 5.02 Å². The van der Waals surface area contributed by atoms with Crippen LogP contribution >= 0.6 is 22.9 Å². The van der Waals surface area contributed by atoms with Gasteiger partial charge in [-0.25, -0.2) is 15.0 Å². The number of benzene rings is 2. The van der Waals surface area contributed by atoms with E-state index in [0.717, 1.165) is 115 Å². The second-order valence-electron chi connectivity index (χ2n) is 16.8. The molecule has 4 aliphatic heterocycles. The van der Waals surface area contributed by atoms with Crippen molar-refractivity contribution < 1.29 is 19.2 Å². The number of piperidine rings is 2. The summed E-state index contributed by atoms with van der Waals surface area (Å²) < 4.78 is 0. The number of hydrogen-bond donors (Lipinski definition) is 3. The molecule has 8 rings (SSSR count). The van der Waals surface area contributed by atoms with E-state index in [0.29, 0.717) is 57.5 Å². The zero-order valence-corrected chi connectivity index (χ0v) is 37.1. The summed E-state index contributed by atoms with van der Waals surface area (Å²) in [6.45, 7) is 14.9. The lowest BCUT2D eigenvalue weighted by atomic mass is 9.90. The highest BCUT2D eigenvalue weighted by atomic mass is 35.5. The number of amides is 4. The molecule has 1 atom stereocenters. The summed E-state index contributed by atoms with van der Waals surface area (Å²) in [6.07, 6.45) is 6.06. The highest BCUT2D eigenvalue weighted by Crippen LogP contribution is 2.30. The third-order valence-corrected chi connectivity index (χ3v) is 13.8. The van der Waals surface area contributed by atoms with Gasteiger partial charge in [-0.2, -0.15) is 0 Å². The summed E-state index contributed by atoms with van der Waals surface area (Å²) in [5.74, 6) is 2.10. The van der Waals surface area contributed by atoms with Crippen LogP contribution in [0, 0.1) is 19.8 Å². The molecule has 4 fully saturated rings. The number of hydrogen-bond acceptors (Lipinski definition) is 13. The molecule has 62 heavy (non-hydrogen) atoms. The predicted octanol–water partition coefficient (Wildman–Crippen LogP) is 5.68. The molecule has 4 saturated heterocycles. The van der Waals surface area contributed by atoms with Gasteiger partial charge in [0.25, 0.3) is 5.91 Å². The van der Waals surface area contributed by atoms with Crippen molar-refractivity contribution in [3.8, 4) is 0 Å². The number of likely N-dealkylation sites (tertiary alicyclic amines) is 1. The minimum atomic E-state index is -0.275. The SMILES string of the molecule is Cc1nc(Nc2ncc(C(=O)Nc3c(C)cccc3Cl)s2)cc(N2CCN(CCCC(=O)N3CCC(CN4CCN(c5ccc(C6CCC(=O)NC6=O)cc5)CC4)CC3)CC2)n1. The Hall–Kier alpha value is -5.16. The van der Waals surface area contributed by atoms with Crippen LogP contribution in [0.4, 0.5) is 28.1 Å². The molecule has 3 N–H and O–H groups in total. The molecule has 4 aliphatic rings. The number of nitrogens with one attached hydrogen (secondary N) is 3. The molecule has 17 heteroatoms. The van der Waals surface area contributed by atoms with Crippen LogP contribution in [-0.2, 0) is 14.4 Å². The van der Waals surface area contributed by atoms with Gasteiger partial charge in [0.05, 0.1) is 22.8 Å². The number of aryl methyl sites for hydroxylation is 2. The van der Waals surface area contributed by atoms with E-state index in [1.54, 1.807) is 12.3 Å². The Morgan fingerprint density at radius 1 is 0.871 bits per heavy atom. The first-order valence-electron chi connectivity index (χ1n) is 21.9. The van der Waals surface area contributed by atoms with Gasteiger partial charge >= 0.3 is 0 Å². The van der Waals surface area contributed by atoms with Crippen LogP contribution in [0.25, 0.3) is 0 Å². The quantitative estimate of drug-likeness (QED) is 0.141. The molecule has 15 nitrogen and oxygen atoms in total. The fraction of sp³-hybridized carbons (Fsp3) is 0.489. The summed E-state index contributed by atoms with van der Waals surface area (Å²) >= 11 is 7.55. The van der Waals surface area contributed by atoms with Gasteiger partial charge in [0.15, 0.2) is 5.13 Å². The van der Waals surface area contributed by atoms with Crippen molar-refractivity contribution >= 4 is 74.7 Å². The average Bonchev–Trinajstić information content (AvgIpc) is 3.74. The van der Waals surface area contributed by atoms with Gasteiger partial charge in [-0.1, -0.05) is 47.2 Å². The molecule has 1 unspecified atom stereocenters. The molecule has 0 bridgehead atoms. The third kappa shape index (κ3) is 10.9. The maximum atomic E-state index is 13.2. The maximum Gasteiger partial charge on any atom is 0.267 e. The van der Waals surface area contributed by atoms with E-state index in [1.807, 2.05) is 44.2 Å². The van der Waals surface area contributed by atoms with Crippen molar-refractivity contribution in [3.05, 3.63) is 81.6 Å². The minimum absolute atomic E-state index is 0.184. The number of para-hydroxylation sites is 1. The van der Waals surface area contributed by atoms with Crippen LogP contribution in [-0.4, -0.2) is 132 Å². The van der Waals surface area contributed by atoms with Crippen LogP contribution in [0.1, 0.15) is 71.1 Å². The number of imide groups is 1. The molecule has 4 amide bonds. The zero-order chi connectivity index (χ0) is 43.2. The topological polar surface area (TPSA) is 159 Å². The third-order valence-electron chi connectivity index (χ3n) is 12.6. The normalized spacial score (nSPS) is 19.4. The van der Waals surface area contributed by atoms with E-state index in [4.69, 9.17) is 16.6 Å².